The van der Waals surface area contributed by atoms with Crippen molar-refractivity contribution in [3.05, 3.63) is 66.6 Å². The van der Waals surface area contributed by atoms with E-state index in [-0.39, 0.29) is 11.7 Å². The molecule has 2 aromatic carbocycles. The number of nitrogens with one attached hydrogen (secondary N) is 1. The van der Waals surface area contributed by atoms with Crippen molar-refractivity contribution in [2.24, 2.45) is 5.10 Å². The molecule has 10 nitrogen and oxygen atoms in total. The lowest BCUT2D eigenvalue weighted by molar-refractivity contribution is -0.118. The summed E-state index contributed by atoms with van der Waals surface area (Å²) in [6.07, 6.45) is 2.96. The molecule has 0 saturated heterocycles. The van der Waals surface area contributed by atoms with E-state index < -0.39 is 0 Å². The van der Waals surface area contributed by atoms with E-state index in [2.05, 4.69) is 20.7 Å². The number of hydrogen-bond acceptors (Lipinski definition) is 9. The summed E-state index contributed by atoms with van der Waals surface area (Å²) < 4.78 is 23.4. The molecule has 1 N–H and O–H groups in total. The molecule has 2 aromatic heterocycles. The van der Waals surface area contributed by atoms with Crippen molar-refractivity contribution in [1.29, 1.82) is 0 Å². The quantitative estimate of drug-likeness (QED) is 0.202. The molecule has 0 radical (unpaired) electrons. The molecule has 4 aromatic rings. The molecular formula is C24H23N5O5S. The van der Waals surface area contributed by atoms with Crippen molar-refractivity contribution in [1.82, 2.24) is 20.2 Å². The molecule has 0 bridgehead atoms. The van der Waals surface area contributed by atoms with Gasteiger partial charge in [0.2, 0.25) is 5.75 Å². The summed E-state index contributed by atoms with van der Waals surface area (Å²) >= 11 is 1.23. The molecule has 0 aliphatic rings. The number of methoxy groups -OCH3 is 3. The number of furan rings is 1. The van der Waals surface area contributed by atoms with Crippen molar-refractivity contribution >= 4 is 23.9 Å². The summed E-state index contributed by atoms with van der Waals surface area (Å²) in [6, 6.07) is 16.7. The average molecular weight is 494 g/mol. The monoisotopic (exact) mass is 493 g/mol. The average Bonchev–Trinajstić information content (AvgIpc) is 3.57. The predicted molar refractivity (Wildman–Crippen MR) is 132 cm³/mol. The van der Waals surface area contributed by atoms with Gasteiger partial charge in [0, 0.05) is 11.3 Å². The van der Waals surface area contributed by atoms with Crippen molar-refractivity contribution in [3.8, 4) is 34.3 Å². The van der Waals surface area contributed by atoms with E-state index in [9.17, 15) is 4.79 Å². The normalized spacial score (nSPS) is 10.9. The Morgan fingerprint density at radius 2 is 1.80 bits per heavy atom. The number of para-hydroxylation sites is 1. The zero-order valence-electron chi connectivity index (χ0n) is 19.3. The number of carbonyl (C=O) groups excluding carboxylic acids is 1. The van der Waals surface area contributed by atoms with Gasteiger partial charge in [0.15, 0.2) is 22.5 Å². The Balaban J connectivity index is 1.63. The van der Waals surface area contributed by atoms with Crippen LogP contribution in [0.3, 0.4) is 0 Å². The van der Waals surface area contributed by atoms with Gasteiger partial charge in [0.1, 0.15) is 5.76 Å². The van der Waals surface area contributed by atoms with Crippen LogP contribution in [0.4, 0.5) is 0 Å². The fourth-order valence-electron chi connectivity index (χ4n) is 3.27. The van der Waals surface area contributed by atoms with Gasteiger partial charge in [-0.05, 0) is 36.4 Å². The van der Waals surface area contributed by atoms with Crippen LogP contribution in [0.2, 0.25) is 0 Å². The lowest BCUT2D eigenvalue weighted by atomic mass is 10.1. The molecule has 35 heavy (non-hydrogen) atoms. The topological polar surface area (TPSA) is 113 Å². The summed E-state index contributed by atoms with van der Waals surface area (Å²) in [6.45, 7) is 0. The number of thioether (sulfide) groups is 1. The highest BCUT2D eigenvalue weighted by atomic mass is 32.2. The third-order valence-electron chi connectivity index (χ3n) is 4.83. The molecule has 0 saturated carbocycles. The van der Waals surface area contributed by atoms with Crippen LogP contribution in [0.5, 0.6) is 17.2 Å². The van der Waals surface area contributed by atoms with Crippen LogP contribution >= 0.6 is 11.8 Å². The Bertz CT molecular complexity index is 1280. The molecule has 180 valence electrons. The van der Waals surface area contributed by atoms with Crippen LogP contribution in [-0.4, -0.2) is 54.0 Å². The van der Waals surface area contributed by atoms with E-state index in [1.54, 1.807) is 45.6 Å². The van der Waals surface area contributed by atoms with Gasteiger partial charge >= 0.3 is 0 Å². The van der Waals surface area contributed by atoms with Crippen LogP contribution in [0.25, 0.3) is 17.1 Å². The van der Waals surface area contributed by atoms with Gasteiger partial charge in [-0.15, -0.1) is 10.2 Å². The van der Waals surface area contributed by atoms with Gasteiger partial charge in [-0.2, -0.15) is 5.10 Å². The Hall–Kier alpha value is -4.25. The zero-order valence-corrected chi connectivity index (χ0v) is 20.1. The Kier molecular flexibility index (Phi) is 7.68. The molecule has 11 heteroatoms. The van der Waals surface area contributed by atoms with Crippen molar-refractivity contribution < 1.29 is 23.4 Å². The van der Waals surface area contributed by atoms with Gasteiger partial charge in [-0.3, -0.25) is 9.36 Å². The van der Waals surface area contributed by atoms with Gasteiger partial charge in [0.05, 0.1) is 39.6 Å². The first-order valence-electron chi connectivity index (χ1n) is 10.4. The highest BCUT2D eigenvalue weighted by molar-refractivity contribution is 7.99. The van der Waals surface area contributed by atoms with E-state index >= 15 is 0 Å². The van der Waals surface area contributed by atoms with Crippen LogP contribution in [0, 0.1) is 0 Å². The summed E-state index contributed by atoms with van der Waals surface area (Å²) in [7, 11) is 4.65. The lowest BCUT2D eigenvalue weighted by Crippen LogP contribution is -2.19. The minimum absolute atomic E-state index is 0.0791. The first-order valence-corrected chi connectivity index (χ1v) is 11.4. The number of hydrazone groups is 1. The fourth-order valence-corrected chi connectivity index (χ4v) is 4.01. The molecule has 4 rings (SSSR count). The minimum Gasteiger partial charge on any atom is -0.493 e. The molecule has 0 fully saturated rings. The van der Waals surface area contributed by atoms with E-state index in [1.165, 1.54) is 24.2 Å². The highest BCUT2D eigenvalue weighted by Crippen LogP contribution is 2.41. The largest absolute Gasteiger partial charge is 0.493 e. The third kappa shape index (κ3) is 5.46. The summed E-state index contributed by atoms with van der Waals surface area (Å²) in [5, 5.41) is 13.2. The van der Waals surface area contributed by atoms with Gasteiger partial charge < -0.3 is 18.6 Å². The van der Waals surface area contributed by atoms with Gasteiger partial charge in [0.25, 0.3) is 5.91 Å². The van der Waals surface area contributed by atoms with Crippen molar-refractivity contribution in [3.63, 3.8) is 0 Å². The maximum atomic E-state index is 12.3. The first kappa shape index (κ1) is 23.9. The summed E-state index contributed by atoms with van der Waals surface area (Å²) in [5.74, 6) is 2.34. The standard InChI is InChI=1S/C24H23N5O5S/c1-31-19-12-16(13-20(32-2)22(19)33-3)23-27-28-24(29(23)17-8-5-4-6-9-17)35-15-21(30)26-25-14-18-10-7-11-34-18/h4-14H,15H2,1-3H3,(H,26,30)/b25-14-. The Morgan fingerprint density at radius 1 is 1.06 bits per heavy atom. The first-order chi connectivity index (χ1) is 17.1. The summed E-state index contributed by atoms with van der Waals surface area (Å²) in [4.78, 5) is 12.3. The number of benzene rings is 2. The number of nitrogens with zero attached hydrogens (tertiary/aromatic N) is 4. The van der Waals surface area contributed by atoms with Gasteiger partial charge in [-0.1, -0.05) is 30.0 Å². The number of ether oxygens (including phenoxy) is 3. The van der Waals surface area contributed by atoms with Crippen LogP contribution < -0.4 is 19.6 Å². The molecule has 0 unspecified atom stereocenters. The number of amides is 1. The lowest BCUT2D eigenvalue weighted by Gasteiger charge is -2.15. The molecule has 0 spiro atoms. The summed E-state index contributed by atoms with van der Waals surface area (Å²) in [5.41, 5.74) is 4.01. The molecule has 0 atom stereocenters. The predicted octanol–water partition coefficient (Wildman–Crippen LogP) is 3.80. The molecule has 2 heterocycles. The van der Waals surface area contributed by atoms with Crippen molar-refractivity contribution in [2.45, 2.75) is 5.16 Å². The van der Waals surface area contributed by atoms with E-state index in [0.29, 0.717) is 39.6 Å². The smallest absolute Gasteiger partial charge is 0.250 e. The molecule has 0 aliphatic carbocycles. The molecule has 0 aliphatic heterocycles. The second kappa shape index (κ2) is 11.3. The number of hydrogen-bond donors (Lipinski definition) is 1. The second-order valence-electron chi connectivity index (χ2n) is 6.99. The van der Waals surface area contributed by atoms with Gasteiger partial charge in [-0.25, -0.2) is 5.43 Å². The number of aromatic nitrogens is 3. The molecular weight excluding hydrogens is 470 g/mol. The molecule has 1 amide bonds. The second-order valence-corrected chi connectivity index (χ2v) is 7.93. The van der Waals surface area contributed by atoms with Crippen LogP contribution in [0.15, 0.2) is 75.5 Å². The third-order valence-corrected chi connectivity index (χ3v) is 5.76. The zero-order chi connectivity index (χ0) is 24.6. The Labute approximate surface area is 205 Å². The number of rotatable bonds is 10. The van der Waals surface area contributed by atoms with Crippen molar-refractivity contribution in [2.75, 3.05) is 27.1 Å². The SMILES string of the molecule is COc1cc(-c2nnc(SCC(=O)N/N=C\c3ccco3)n2-c2ccccc2)cc(OC)c1OC. The Morgan fingerprint density at radius 3 is 2.43 bits per heavy atom. The number of carbonyl (C=O) groups is 1. The van der Waals surface area contributed by atoms with Crippen LogP contribution in [-0.2, 0) is 4.79 Å². The van der Waals surface area contributed by atoms with E-state index in [1.807, 2.05) is 34.9 Å². The fraction of sp³-hybridized carbons (Fsp3) is 0.167. The highest BCUT2D eigenvalue weighted by Gasteiger charge is 2.21. The van der Waals surface area contributed by atoms with E-state index in [4.69, 9.17) is 18.6 Å². The maximum Gasteiger partial charge on any atom is 0.250 e. The van der Waals surface area contributed by atoms with Crippen LogP contribution in [0.1, 0.15) is 5.76 Å². The van der Waals surface area contributed by atoms with E-state index in [0.717, 1.165) is 5.69 Å². The minimum atomic E-state index is -0.297. The maximum absolute atomic E-state index is 12.3.